The van der Waals surface area contributed by atoms with E-state index in [1.807, 2.05) is 0 Å². The van der Waals surface area contributed by atoms with Crippen LogP contribution < -0.4 is 5.32 Å². The smallest absolute Gasteiger partial charge is 0.0332 e. The summed E-state index contributed by atoms with van der Waals surface area (Å²) >= 11 is 0. The van der Waals surface area contributed by atoms with Crippen molar-refractivity contribution in [1.82, 2.24) is 5.32 Å². The Morgan fingerprint density at radius 1 is 0.913 bits per heavy atom. The summed E-state index contributed by atoms with van der Waals surface area (Å²) < 4.78 is 0. The van der Waals surface area contributed by atoms with Gasteiger partial charge in [0.05, 0.1) is 0 Å². The molecule has 0 amide bonds. The number of halogens is 1. The van der Waals surface area contributed by atoms with Gasteiger partial charge in [0, 0.05) is 6.04 Å². The van der Waals surface area contributed by atoms with Crippen LogP contribution in [0.3, 0.4) is 0 Å². The second-order valence-electron chi connectivity index (χ2n) is 6.02. The van der Waals surface area contributed by atoms with Crippen LogP contribution in [0.5, 0.6) is 0 Å². The van der Waals surface area contributed by atoms with Gasteiger partial charge in [-0.3, -0.25) is 0 Å². The van der Waals surface area contributed by atoms with Gasteiger partial charge in [0.1, 0.15) is 0 Å². The number of benzene rings is 2. The first kappa shape index (κ1) is 17.8. The Labute approximate surface area is 146 Å². The van der Waals surface area contributed by atoms with Crippen LogP contribution in [0.4, 0.5) is 0 Å². The van der Waals surface area contributed by atoms with E-state index in [-0.39, 0.29) is 12.4 Å². The van der Waals surface area contributed by atoms with Crippen molar-refractivity contribution in [2.24, 2.45) is 0 Å². The highest BCUT2D eigenvalue weighted by atomic mass is 35.5. The second kappa shape index (κ2) is 8.90. The average Bonchev–Trinajstić information content (AvgIpc) is 3.01. The summed E-state index contributed by atoms with van der Waals surface area (Å²) in [5.74, 6) is 0. The SMILES string of the molecule is CCCCNC1CCC(c2ccccc2)=C1c1ccccc1.Cl. The first-order valence-electron chi connectivity index (χ1n) is 8.47. The lowest BCUT2D eigenvalue weighted by Gasteiger charge is -2.18. The minimum absolute atomic E-state index is 0. The van der Waals surface area contributed by atoms with Crippen LogP contribution in [0.25, 0.3) is 11.1 Å². The van der Waals surface area contributed by atoms with E-state index in [1.54, 1.807) is 0 Å². The molecule has 1 N–H and O–H groups in total. The summed E-state index contributed by atoms with van der Waals surface area (Å²) in [6.45, 7) is 3.36. The number of hydrogen-bond acceptors (Lipinski definition) is 1. The third-order valence-corrected chi connectivity index (χ3v) is 4.48. The van der Waals surface area contributed by atoms with Crippen molar-refractivity contribution < 1.29 is 0 Å². The summed E-state index contributed by atoms with van der Waals surface area (Å²) in [5.41, 5.74) is 5.76. The van der Waals surface area contributed by atoms with Gasteiger partial charge in [0.2, 0.25) is 0 Å². The molecule has 1 unspecified atom stereocenters. The first-order valence-corrected chi connectivity index (χ1v) is 8.47. The summed E-state index contributed by atoms with van der Waals surface area (Å²) in [7, 11) is 0. The topological polar surface area (TPSA) is 12.0 Å². The molecule has 0 radical (unpaired) electrons. The zero-order valence-electron chi connectivity index (χ0n) is 13.8. The van der Waals surface area contributed by atoms with E-state index in [4.69, 9.17) is 0 Å². The van der Waals surface area contributed by atoms with Crippen molar-refractivity contribution >= 4 is 23.6 Å². The molecule has 2 aromatic carbocycles. The van der Waals surface area contributed by atoms with E-state index < -0.39 is 0 Å². The molecule has 0 saturated carbocycles. The highest BCUT2D eigenvalue weighted by Gasteiger charge is 2.26. The Bertz CT molecular complexity index is 619. The number of allylic oxidation sites excluding steroid dienone is 1. The molecule has 1 nitrogen and oxygen atoms in total. The lowest BCUT2D eigenvalue weighted by molar-refractivity contribution is 0.570. The molecular formula is C21H26ClN. The standard InChI is InChI=1S/C21H25N.ClH/c1-2-3-16-22-20-15-14-19(17-10-6-4-7-11-17)21(20)18-12-8-5-9-13-18;/h4-13,20,22H,2-3,14-16H2,1H3;1H. The van der Waals surface area contributed by atoms with Gasteiger partial charge in [-0.05, 0) is 48.1 Å². The predicted molar refractivity (Wildman–Crippen MR) is 103 cm³/mol. The van der Waals surface area contributed by atoms with E-state index in [0.717, 1.165) is 13.0 Å². The molecule has 0 saturated heterocycles. The van der Waals surface area contributed by atoms with Crippen molar-refractivity contribution in [3.05, 3.63) is 71.8 Å². The van der Waals surface area contributed by atoms with E-state index in [9.17, 15) is 0 Å². The largest absolute Gasteiger partial charge is 0.310 e. The quantitative estimate of drug-likeness (QED) is 0.684. The molecule has 1 aliphatic carbocycles. The van der Waals surface area contributed by atoms with Crippen LogP contribution in [-0.4, -0.2) is 12.6 Å². The molecule has 0 fully saturated rings. The summed E-state index contributed by atoms with van der Waals surface area (Å²) in [6, 6.07) is 22.2. The Kier molecular flexibility index (Phi) is 6.88. The predicted octanol–water partition coefficient (Wildman–Crippen LogP) is 5.57. The molecular weight excluding hydrogens is 302 g/mol. The van der Waals surface area contributed by atoms with Gasteiger partial charge in [-0.25, -0.2) is 0 Å². The molecule has 3 rings (SSSR count). The second-order valence-corrected chi connectivity index (χ2v) is 6.02. The van der Waals surface area contributed by atoms with E-state index in [2.05, 4.69) is 72.9 Å². The van der Waals surface area contributed by atoms with E-state index in [1.165, 1.54) is 41.5 Å². The van der Waals surface area contributed by atoms with Crippen LogP contribution in [-0.2, 0) is 0 Å². The summed E-state index contributed by atoms with van der Waals surface area (Å²) in [5, 5.41) is 3.77. The van der Waals surface area contributed by atoms with Crippen LogP contribution in [0.1, 0.15) is 43.7 Å². The molecule has 1 aliphatic rings. The third-order valence-electron chi connectivity index (χ3n) is 4.48. The number of unbranched alkanes of at least 4 members (excludes halogenated alkanes) is 1. The average molecular weight is 328 g/mol. The van der Waals surface area contributed by atoms with Gasteiger partial charge in [-0.2, -0.15) is 0 Å². The molecule has 0 spiro atoms. The number of hydrogen-bond donors (Lipinski definition) is 1. The molecule has 0 heterocycles. The normalized spacial score (nSPS) is 17.2. The lowest BCUT2D eigenvalue weighted by atomic mass is 9.95. The Balaban J connectivity index is 0.00000192. The molecule has 0 bridgehead atoms. The molecule has 23 heavy (non-hydrogen) atoms. The fourth-order valence-electron chi connectivity index (χ4n) is 3.37. The van der Waals surface area contributed by atoms with Crippen molar-refractivity contribution in [2.75, 3.05) is 6.54 Å². The van der Waals surface area contributed by atoms with E-state index >= 15 is 0 Å². The zero-order chi connectivity index (χ0) is 15.2. The third kappa shape index (κ3) is 4.25. The van der Waals surface area contributed by atoms with Gasteiger partial charge in [0.15, 0.2) is 0 Å². The molecule has 2 heteroatoms. The van der Waals surface area contributed by atoms with Crippen LogP contribution >= 0.6 is 12.4 Å². The zero-order valence-corrected chi connectivity index (χ0v) is 14.6. The van der Waals surface area contributed by atoms with Crippen molar-refractivity contribution in [3.8, 4) is 0 Å². The van der Waals surface area contributed by atoms with Crippen LogP contribution in [0.2, 0.25) is 0 Å². The van der Waals surface area contributed by atoms with Crippen molar-refractivity contribution in [2.45, 2.75) is 38.6 Å². The summed E-state index contributed by atoms with van der Waals surface area (Å²) in [6.07, 6.45) is 4.87. The maximum absolute atomic E-state index is 3.77. The van der Waals surface area contributed by atoms with Gasteiger partial charge in [0.25, 0.3) is 0 Å². The first-order chi connectivity index (χ1) is 10.9. The Hall–Kier alpha value is -1.57. The highest BCUT2D eigenvalue weighted by Crippen LogP contribution is 2.39. The van der Waals surface area contributed by atoms with Crippen molar-refractivity contribution in [1.29, 1.82) is 0 Å². The minimum Gasteiger partial charge on any atom is -0.310 e. The lowest BCUT2D eigenvalue weighted by Crippen LogP contribution is -2.29. The molecule has 2 aromatic rings. The van der Waals surface area contributed by atoms with Gasteiger partial charge in [-0.15, -0.1) is 12.4 Å². The van der Waals surface area contributed by atoms with Crippen molar-refractivity contribution in [3.63, 3.8) is 0 Å². The summed E-state index contributed by atoms with van der Waals surface area (Å²) in [4.78, 5) is 0. The Morgan fingerprint density at radius 3 is 2.13 bits per heavy atom. The maximum Gasteiger partial charge on any atom is 0.0332 e. The van der Waals surface area contributed by atoms with Crippen LogP contribution in [0.15, 0.2) is 60.7 Å². The fraction of sp³-hybridized carbons (Fsp3) is 0.333. The molecule has 1 atom stereocenters. The number of rotatable bonds is 6. The highest BCUT2D eigenvalue weighted by molar-refractivity contribution is 5.95. The number of nitrogens with one attached hydrogen (secondary N) is 1. The molecule has 122 valence electrons. The molecule has 0 aliphatic heterocycles. The fourth-order valence-corrected chi connectivity index (χ4v) is 3.37. The monoisotopic (exact) mass is 327 g/mol. The Morgan fingerprint density at radius 2 is 1.52 bits per heavy atom. The van der Waals surface area contributed by atoms with Crippen LogP contribution in [0, 0.1) is 0 Å². The maximum atomic E-state index is 3.77. The minimum atomic E-state index is 0. The molecule has 0 aromatic heterocycles. The van der Waals surface area contributed by atoms with Gasteiger partial charge >= 0.3 is 0 Å². The van der Waals surface area contributed by atoms with Gasteiger partial charge < -0.3 is 5.32 Å². The van der Waals surface area contributed by atoms with E-state index in [0.29, 0.717) is 6.04 Å². The van der Waals surface area contributed by atoms with Gasteiger partial charge in [-0.1, -0.05) is 74.0 Å².